The van der Waals surface area contributed by atoms with Gasteiger partial charge in [-0.25, -0.2) is 12.8 Å². The molecule has 2 aliphatic rings. The van der Waals surface area contributed by atoms with Crippen molar-refractivity contribution in [3.8, 4) is 5.75 Å². The van der Waals surface area contributed by atoms with Crippen LogP contribution in [0, 0.1) is 5.82 Å². The molecule has 9 heteroatoms. The molecule has 7 nitrogen and oxygen atoms in total. The average molecular weight is 386 g/mol. The molecule has 1 aromatic rings. The highest BCUT2D eigenvalue weighted by atomic mass is 32.2. The first-order valence-corrected chi connectivity index (χ1v) is 9.80. The average Bonchev–Trinajstić information content (AvgIpc) is 2.61. The van der Waals surface area contributed by atoms with Crippen LogP contribution < -0.4 is 10.5 Å². The predicted octanol–water partition coefficient (Wildman–Crippen LogP) is 0.744. The van der Waals surface area contributed by atoms with E-state index in [4.69, 9.17) is 15.2 Å². The van der Waals surface area contributed by atoms with E-state index in [0.717, 1.165) is 0 Å². The van der Waals surface area contributed by atoms with Crippen LogP contribution in [0.3, 0.4) is 0 Å². The number of rotatable bonds is 3. The molecule has 1 aromatic carbocycles. The first kappa shape index (κ1) is 19.1. The highest BCUT2D eigenvalue weighted by Crippen LogP contribution is 2.48. The standard InChI is InChI=1S/C17H23FN2O5S/c1-16(2)15(19)20-17(12-6-10(24-3)4-5-13(12)18)9-25-11(8-21)7-14(17)26(16,22)23/h4-6,11,14,21H,7-9H2,1-3H3,(H2,19,20)/t11-,14-,17-/m1/s1. The number of ether oxygens (including phenoxy) is 2. The van der Waals surface area contributed by atoms with Gasteiger partial charge in [-0.05, 0) is 38.5 Å². The van der Waals surface area contributed by atoms with E-state index < -0.39 is 37.3 Å². The molecular weight excluding hydrogens is 363 g/mol. The van der Waals surface area contributed by atoms with Gasteiger partial charge in [0, 0.05) is 5.56 Å². The number of nitrogens with two attached hydrogens (primary N) is 1. The van der Waals surface area contributed by atoms with Crippen LogP contribution in [-0.4, -0.2) is 55.8 Å². The second-order valence-corrected chi connectivity index (χ2v) is 9.84. The molecule has 3 atom stereocenters. The maximum absolute atomic E-state index is 14.7. The van der Waals surface area contributed by atoms with Gasteiger partial charge < -0.3 is 20.3 Å². The molecule has 0 radical (unpaired) electrons. The number of aliphatic hydroxyl groups is 1. The Morgan fingerprint density at radius 3 is 2.77 bits per heavy atom. The number of hydrogen-bond donors (Lipinski definition) is 2. The van der Waals surface area contributed by atoms with E-state index >= 15 is 0 Å². The number of sulfone groups is 1. The minimum Gasteiger partial charge on any atom is -0.497 e. The lowest BCUT2D eigenvalue weighted by molar-refractivity contribution is -0.0523. The second kappa shape index (κ2) is 6.17. The van der Waals surface area contributed by atoms with Crippen LogP contribution in [0.5, 0.6) is 5.75 Å². The summed E-state index contributed by atoms with van der Waals surface area (Å²) in [4.78, 5) is 4.47. The van der Waals surface area contributed by atoms with Crippen molar-refractivity contribution in [3.05, 3.63) is 29.6 Å². The van der Waals surface area contributed by atoms with Gasteiger partial charge in [0.25, 0.3) is 0 Å². The Kier molecular flexibility index (Phi) is 4.53. The molecule has 0 saturated carbocycles. The number of aliphatic imine (C=N–C) groups is 1. The fraction of sp³-hybridized carbons (Fsp3) is 0.588. The molecule has 3 rings (SSSR count). The second-order valence-electron chi connectivity index (χ2n) is 7.16. The number of nitrogens with zero attached hydrogens (tertiary/aromatic N) is 1. The molecule has 1 saturated heterocycles. The van der Waals surface area contributed by atoms with E-state index in [-0.39, 0.29) is 31.0 Å². The molecule has 2 heterocycles. The monoisotopic (exact) mass is 386 g/mol. The van der Waals surface area contributed by atoms with Crippen LogP contribution in [0.15, 0.2) is 23.2 Å². The zero-order valence-electron chi connectivity index (χ0n) is 14.9. The van der Waals surface area contributed by atoms with Crippen LogP contribution >= 0.6 is 0 Å². The highest BCUT2D eigenvalue weighted by molar-refractivity contribution is 7.94. The summed E-state index contributed by atoms with van der Waals surface area (Å²) in [6.07, 6.45) is -0.669. The van der Waals surface area contributed by atoms with Gasteiger partial charge >= 0.3 is 0 Å². The summed E-state index contributed by atoms with van der Waals surface area (Å²) in [6.45, 7) is 2.43. The summed E-state index contributed by atoms with van der Waals surface area (Å²) in [7, 11) is -2.42. The summed E-state index contributed by atoms with van der Waals surface area (Å²) in [5.74, 6) is -0.342. The van der Waals surface area contributed by atoms with E-state index in [1.165, 1.54) is 39.2 Å². The van der Waals surface area contributed by atoms with Crippen molar-refractivity contribution in [1.82, 2.24) is 0 Å². The molecule has 0 spiro atoms. The third-order valence-electron chi connectivity index (χ3n) is 5.41. The van der Waals surface area contributed by atoms with Crippen molar-refractivity contribution in [3.63, 3.8) is 0 Å². The van der Waals surface area contributed by atoms with Crippen LogP contribution in [0.2, 0.25) is 0 Å². The Labute approximate surface area is 151 Å². The van der Waals surface area contributed by atoms with Crippen molar-refractivity contribution in [2.24, 2.45) is 10.7 Å². The van der Waals surface area contributed by atoms with E-state index in [1.54, 1.807) is 0 Å². The van der Waals surface area contributed by atoms with Crippen molar-refractivity contribution < 1.29 is 27.4 Å². The number of halogens is 1. The van der Waals surface area contributed by atoms with Crippen LogP contribution in [0.1, 0.15) is 25.8 Å². The molecule has 0 bridgehead atoms. The SMILES string of the molecule is COc1ccc(F)c([C@]23CO[C@@H](CO)C[C@H]2S(=O)(=O)C(C)(C)C(N)=N3)c1. The normalized spacial score (nSPS) is 32.4. The lowest BCUT2D eigenvalue weighted by Crippen LogP contribution is -2.65. The van der Waals surface area contributed by atoms with E-state index in [2.05, 4.69) is 4.99 Å². The Morgan fingerprint density at radius 2 is 2.15 bits per heavy atom. The van der Waals surface area contributed by atoms with Crippen molar-refractivity contribution in [2.75, 3.05) is 20.3 Å². The third-order valence-corrected chi connectivity index (χ3v) is 8.38. The van der Waals surface area contributed by atoms with Gasteiger partial charge in [0.1, 0.15) is 27.7 Å². The summed E-state index contributed by atoms with van der Waals surface area (Å²) < 4.78 is 50.8. The van der Waals surface area contributed by atoms with Crippen LogP contribution in [-0.2, 0) is 20.1 Å². The zero-order chi connectivity index (χ0) is 19.3. The number of fused-ring (bicyclic) bond motifs is 1. The van der Waals surface area contributed by atoms with Crippen molar-refractivity contribution in [2.45, 2.75) is 41.9 Å². The Balaban J connectivity index is 2.30. The Hall–Kier alpha value is -1.71. The first-order chi connectivity index (χ1) is 12.1. The molecule has 0 unspecified atom stereocenters. The molecule has 26 heavy (non-hydrogen) atoms. The minimum atomic E-state index is -3.85. The predicted molar refractivity (Wildman–Crippen MR) is 94.5 cm³/mol. The molecule has 3 N–H and O–H groups in total. The van der Waals surface area contributed by atoms with E-state index in [9.17, 15) is 17.9 Å². The summed E-state index contributed by atoms with van der Waals surface area (Å²) >= 11 is 0. The fourth-order valence-electron chi connectivity index (χ4n) is 3.58. The molecule has 0 aliphatic carbocycles. The number of hydrogen-bond acceptors (Lipinski definition) is 7. The van der Waals surface area contributed by atoms with Gasteiger partial charge in [-0.2, -0.15) is 0 Å². The Bertz CT molecular complexity index is 855. The van der Waals surface area contributed by atoms with Crippen LogP contribution in [0.4, 0.5) is 4.39 Å². The number of methoxy groups -OCH3 is 1. The van der Waals surface area contributed by atoms with E-state index in [1.807, 2.05) is 0 Å². The quantitative estimate of drug-likeness (QED) is 0.793. The van der Waals surface area contributed by atoms with Gasteiger partial charge in [0.2, 0.25) is 0 Å². The van der Waals surface area contributed by atoms with E-state index in [0.29, 0.717) is 5.75 Å². The highest BCUT2D eigenvalue weighted by Gasteiger charge is 2.61. The number of aliphatic hydroxyl groups excluding tert-OH is 1. The lowest BCUT2D eigenvalue weighted by atomic mass is 9.82. The number of amidine groups is 1. The topological polar surface area (TPSA) is 111 Å². The molecule has 0 aromatic heterocycles. The molecular formula is C17H23FN2O5S. The third kappa shape index (κ3) is 2.52. The molecule has 1 fully saturated rings. The summed E-state index contributed by atoms with van der Waals surface area (Å²) in [5, 5.41) is 8.37. The Morgan fingerprint density at radius 1 is 1.46 bits per heavy atom. The smallest absolute Gasteiger partial charge is 0.168 e. The molecule has 0 amide bonds. The van der Waals surface area contributed by atoms with Crippen molar-refractivity contribution in [1.29, 1.82) is 0 Å². The first-order valence-electron chi connectivity index (χ1n) is 8.26. The fourth-order valence-corrected chi connectivity index (χ4v) is 5.86. The maximum Gasteiger partial charge on any atom is 0.168 e. The van der Waals surface area contributed by atoms with Crippen LogP contribution in [0.25, 0.3) is 0 Å². The summed E-state index contributed by atoms with van der Waals surface area (Å²) in [5.41, 5.74) is 4.55. The van der Waals surface area contributed by atoms with Gasteiger partial charge in [0.15, 0.2) is 9.84 Å². The zero-order valence-corrected chi connectivity index (χ0v) is 15.7. The number of benzene rings is 1. The van der Waals surface area contributed by atoms with Gasteiger partial charge in [-0.15, -0.1) is 0 Å². The minimum absolute atomic E-state index is 0.00427. The van der Waals surface area contributed by atoms with Gasteiger partial charge in [-0.3, -0.25) is 4.99 Å². The largest absolute Gasteiger partial charge is 0.497 e. The van der Waals surface area contributed by atoms with Crippen molar-refractivity contribution >= 4 is 15.7 Å². The lowest BCUT2D eigenvalue weighted by Gasteiger charge is -2.49. The molecule has 2 aliphatic heterocycles. The van der Waals surface area contributed by atoms with Gasteiger partial charge in [-0.1, -0.05) is 0 Å². The maximum atomic E-state index is 14.7. The molecule has 144 valence electrons. The van der Waals surface area contributed by atoms with Gasteiger partial charge in [0.05, 0.1) is 31.7 Å². The summed E-state index contributed by atoms with van der Waals surface area (Å²) in [6, 6.07) is 4.07.